The summed E-state index contributed by atoms with van der Waals surface area (Å²) < 4.78 is 25.9. The molecular weight excluding hydrogens is 352 g/mol. The number of hydrogen-bond donors (Lipinski definition) is 2. The number of thiophene rings is 1. The van der Waals surface area contributed by atoms with E-state index in [9.17, 15) is 13.2 Å². The number of thioether (sulfide) groups is 1. The van der Waals surface area contributed by atoms with E-state index in [1.807, 2.05) is 24.3 Å². The lowest BCUT2D eigenvalue weighted by Crippen LogP contribution is -2.31. The molecule has 5 nitrogen and oxygen atoms in total. The van der Waals surface area contributed by atoms with Gasteiger partial charge in [-0.1, -0.05) is 18.2 Å². The summed E-state index contributed by atoms with van der Waals surface area (Å²) in [5.41, 5.74) is 1.20. The Morgan fingerprint density at radius 2 is 2.04 bits per heavy atom. The molecule has 8 heteroatoms. The summed E-state index contributed by atoms with van der Waals surface area (Å²) >= 11 is 2.74. The van der Waals surface area contributed by atoms with Gasteiger partial charge in [0.25, 0.3) is 0 Å². The zero-order chi connectivity index (χ0) is 16.4. The van der Waals surface area contributed by atoms with Crippen molar-refractivity contribution in [3.8, 4) is 0 Å². The summed E-state index contributed by atoms with van der Waals surface area (Å²) in [4.78, 5) is 14.3. The number of nitrogens with one attached hydrogen (secondary N) is 2. The molecule has 3 rings (SSSR count). The summed E-state index contributed by atoms with van der Waals surface area (Å²) in [7, 11) is -2.04. The van der Waals surface area contributed by atoms with Crippen molar-refractivity contribution in [1.82, 2.24) is 10.0 Å². The van der Waals surface area contributed by atoms with Gasteiger partial charge in [0.15, 0.2) is 0 Å². The summed E-state index contributed by atoms with van der Waals surface area (Å²) in [6.07, 6.45) is 0.733. The molecule has 0 saturated carbocycles. The van der Waals surface area contributed by atoms with Crippen molar-refractivity contribution in [1.29, 1.82) is 0 Å². The van der Waals surface area contributed by atoms with Gasteiger partial charge in [0, 0.05) is 9.77 Å². The smallest absolute Gasteiger partial charge is 0.249 e. The van der Waals surface area contributed by atoms with Crippen LogP contribution in [0.4, 0.5) is 0 Å². The van der Waals surface area contributed by atoms with Gasteiger partial charge >= 0.3 is 0 Å². The monoisotopic (exact) mass is 368 g/mol. The molecule has 23 heavy (non-hydrogen) atoms. The molecule has 1 atom stereocenters. The van der Waals surface area contributed by atoms with Gasteiger partial charge in [-0.15, -0.1) is 23.1 Å². The van der Waals surface area contributed by atoms with Crippen LogP contribution in [-0.2, 0) is 27.8 Å². The van der Waals surface area contributed by atoms with E-state index in [0.717, 1.165) is 27.5 Å². The van der Waals surface area contributed by atoms with Crippen molar-refractivity contribution in [2.45, 2.75) is 27.3 Å². The van der Waals surface area contributed by atoms with Crippen LogP contribution in [0.2, 0.25) is 0 Å². The first-order valence-corrected chi connectivity index (χ1v) is 10.2. The minimum absolute atomic E-state index is 0.0161. The van der Waals surface area contributed by atoms with Gasteiger partial charge in [0.2, 0.25) is 15.9 Å². The second-order valence-corrected chi connectivity index (χ2v) is 9.59. The average molecular weight is 369 g/mol. The van der Waals surface area contributed by atoms with Gasteiger partial charge in [-0.05, 0) is 37.2 Å². The Bertz CT molecular complexity index is 805. The Labute approximate surface area is 143 Å². The minimum Gasteiger partial charge on any atom is -0.350 e. The third-order valence-corrected chi connectivity index (χ3v) is 7.86. The quantitative estimate of drug-likeness (QED) is 0.846. The maximum absolute atomic E-state index is 12.3. The first kappa shape index (κ1) is 16.5. The molecule has 2 heterocycles. The fourth-order valence-electron chi connectivity index (χ4n) is 2.31. The van der Waals surface area contributed by atoms with Crippen molar-refractivity contribution in [2.24, 2.45) is 0 Å². The Hall–Kier alpha value is -1.35. The Balaban J connectivity index is 1.58. The van der Waals surface area contributed by atoms with Crippen LogP contribution in [0.3, 0.4) is 0 Å². The van der Waals surface area contributed by atoms with E-state index in [1.54, 1.807) is 23.9 Å². The van der Waals surface area contributed by atoms with Gasteiger partial charge < -0.3 is 5.32 Å². The molecule has 0 spiro atoms. The van der Waals surface area contributed by atoms with E-state index in [1.165, 1.54) is 12.6 Å². The molecule has 0 fully saturated rings. The Morgan fingerprint density at radius 1 is 1.26 bits per heavy atom. The van der Waals surface area contributed by atoms with Gasteiger partial charge in [0.05, 0.1) is 11.8 Å². The molecule has 1 aromatic carbocycles. The number of amides is 1. The lowest BCUT2D eigenvalue weighted by atomic mass is 10.1. The van der Waals surface area contributed by atoms with Crippen LogP contribution in [0, 0.1) is 0 Å². The van der Waals surface area contributed by atoms with Crippen LogP contribution >= 0.6 is 23.1 Å². The third-order valence-electron chi connectivity index (χ3n) is 3.55. The predicted molar refractivity (Wildman–Crippen MR) is 92.2 cm³/mol. The zero-order valence-electron chi connectivity index (χ0n) is 12.4. The number of rotatable bonds is 5. The van der Waals surface area contributed by atoms with E-state index >= 15 is 0 Å². The Kier molecular flexibility index (Phi) is 4.77. The van der Waals surface area contributed by atoms with E-state index in [4.69, 9.17) is 0 Å². The van der Waals surface area contributed by atoms with Crippen molar-refractivity contribution in [2.75, 3.05) is 7.05 Å². The van der Waals surface area contributed by atoms with Crippen LogP contribution in [-0.4, -0.2) is 26.6 Å². The summed E-state index contributed by atoms with van der Waals surface area (Å²) in [5, 5.41) is 2.78. The van der Waals surface area contributed by atoms with Crippen molar-refractivity contribution in [3.05, 3.63) is 46.8 Å². The van der Waals surface area contributed by atoms with Crippen LogP contribution < -0.4 is 10.0 Å². The standard InChI is InChI=1S/C15H16N2O3S3/c1-16-23(19,20)14-7-6-11(21-14)9-17-15(18)13-8-10-4-2-3-5-12(10)22-13/h2-7,13,16H,8-9H2,1H3,(H,17,18). The van der Waals surface area contributed by atoms with Gasteiger partial charge in [-0.2, -0.15) is 0 Å². The van der Waals surface area contributed by atoms with Crippen LogP contribution in [0.1, 0.15) is 10.4 Å². The fourth-order valence-corrected chi connectivity index (χ4v) is 5.67. The van der Waals surface area contributed by atoms with E-state index in [-0.39, 0.29) is 15.4 Å². The highest BCUT2D eigenvalue weighted by Crippen LogP contribution is 2.36. The van der Waals surface area contributed by atoms with Crippen molar-refractivity contribution >= 4 is 39.0 Å². The summed E-state index contributed by atoms with van der Waals surface area (Å²) in [5.74, 6) is -0.0161. The first-order chi connectivity index (χ1) is 11.0. The minimum atomic E-state index is -3.42. The third kappa shape index (κ3) is 3.60. The van der Waals surface area contributed by atoms with Gasteiger partial charge in [0.1, 0.15) is 4.21 Å². The SMILES string of the molecule is CNS(=O)(=O)c1ccc(CNC(=O)C2Cc3ccccc3S2)s1. The van der Waals surface area contributed by atoms with E-state index in [2.05, 4.69) is 10.0 Å². The molecule has 0 bridgehead atoms. The van der Waals surface area contributed by atoms with E-state index in [0.29, 0.717) is 6.54 Å². The topological polar surface area (TPSA) is 75.3 Å². The van der Waals surface area contributed by atoms with Crippen molar-refractivity contribution < 1.29 is 13.2 Å². The number of sulfonamides is 1. The van der Waals surface area contributed by atoms with Crippen molar-refractivity contribution in [3.63, 3.8) is 0 Å². The highest BCUT2D eigenvalue weighted by atomic mass is 32.2. The number of carbonyl (C=O) groups is 1. The average Bonchev–Trinajstić information content (AvgIpc) is 3.19. The number of hydrogen-bond acceptors (Lipinski definition) is 5. The van der Waals surface area contributed by atoms with Crippen LogP contribution in [0.5, 0.6) is 0 Å². The molecule has 122 valence electrons. The zero-order valence-corrected chi connectivity index (χ0v) is 14.9. The number of carbonyl (C=O) groups excluding carboxylic acids is 1. The molecule has 0 radical (unpaired) electrons. The molecule has 1 aliphatic heterocycles. The lowest BCUT2D eigenvalue weighted by molar-refractivity contribution is -0.120. The molecule has 2 aromatic rings. The molecule has 1 unspecified atom stereocenters. The highest BCUT2D eigenvalue weighted by Gasteiger charge is 2.27. The second kappa shape index (κ2) is 6.64. The number of benzene rings is 1. The molecule has 0 aliphatic carbocycles. The second-order valence-electron chi connectivity index (χ2n) is 5.06. The first-order valence-electron chi connectivity index (χ1n) is 7.04. The van der Waals surface area contributed by atoms with Gasteiger partial charge in [-0.3, -0.25) is 4.79 Å². The maximum atomic E-state index is 12.3. The molecule has 2 N–H and O–H groups in total. The lowest BCUT2D eigenvalue weighted by Gasteiger charge is -2.08. The highest BCUT2D eigenvalue weighted by molar-refractivity contribution is 8.01. The van der Waals surface area contributed by atoms with Crippen LogP contribution in [0.25, 0.3) is 0 Å². The molecular formula is C15H16N2O3S3. The van der Waals surface area contributed by atoms with E-state index < -0.39 is 10.0 Å². The number of fused-ring (bicyclic) bond motifs is 1. The normalized spacial score (nSPS) is 17.0. The van der Waals surface area contributed by atoms with Gasteiger partial charge in [-0.25, -0.2) is 13.1 Å². The predicted octanol–water partition coefficient (Wildman–Crippen LogP) is 1.99. The largest absolute Gasteiger partial charge is 0.350 e. The fraction of sp³-hybridized carbons (Fsp3) is 0.267. The molecule has 0 saturated heterocycles. The maximum Gasteiger partial charge on any atom is 0.249 e. The Morgan fingerprint density at radius 3 is 2.78 bits per heavy atom. The summed E-state index contributed by atoms with van der Waals surface area (Å²) in [6.45, 7) is 0.343. The molecule has 1 aromatic heterocycles. The van der Waals surface area contributed by atoms with Crippen LogP contribution in [0.15, 0.2) is 45.5 Å². The molecule has 1 amide bonds. The molecule has 1 aliphatic rings. The summed E-state index contributed by atoms with van der Waals surface area (Å²) in [6, 6.07) is 11.3.